The van der Waals surface area contributed by atoms with E-state index in [1.165, 1.54) is 0 Å². The predicted molar refractivity (Wildman–Crippen MR) is 66.8 cm³/mol. The molecule has 2 rings (SSSR count). The lowest BCUT2D eigenvalue weighted by molar-refractivity contribution is 0.448. The highest BCUT2D eigenvalue weighted by molar-refractivity contribution is 4.99. The summed E-state index contributed by atoms with van der Waals surface area (Å²) < 4.78 is 7.47. The summed E-state index contributed by atoms with van der Waals surface area (Å²) in [5.74, 6) is 2.09. The van der Waals surface area contributed by atoms with Crippen LogP contribution in [-0.2, 0) is 13.0 Å². The lowest BCUT2D eigenvalue weighted by Crippen LogP contribution is -2.31. The van der Waals surface area contributed by atoms with Crippen molar-refractivity contribution in [2.24, 2.45) is 0 Å². The van der Waals surface area contributed by atoms with E-state index in [0.717, 1.165) is 31.1 Å². The van der Waals surface area contributed by atoms with E-state index in [1.54, 1.807) is 6.26 Å². The molecule has 2 aromatic heterocycles. The SMILES string of the molecule is Cc1nccn1CCNC(C)Cc1ccco1. The van der Waals surface area contributed by atoms with Crippen LogP contribution in [0.2, 0.25) is 0 Å². The van der Waals surface area contributed by atoms with Crippen LogP contribution < -0.4 is 5.32 Å². The molecule has 1 N–H and O–H groups in total. The molecule has 0 aromatic carbocycles. The van der Waals surface area contributed by atoms with Crippen LogP contribution in [0.3, 0.4) is 0 Å². The molecule has 0 bridgehead atoms. The van der Waals surface area contributed by atoms with Crippen LogP contribution in [0, 0.1) is 6.92 Å². The minimum atomic E-state index is 0.421. The first-order valence-corrected chi connectivity index (χ1v) is 5.99. The van der Waals surface area contributed by atoms with Gasteiger partial charge in [-0.3, -0.25) is 0 Å². The van der Waals surface area contributed by atoms with Gasteiger partial charge in [0, 0.05) is 37.9 Å². The van der Waals surface area contributed by atoms with Gasteiger partial charge in [0.05, 0.1) is 6.26 Å². The number of aromatic nitrogens is 2. The predicted octanol–water partition coefficient (Wildman–Crippen LogP) is 2.01. The molecular formula is C13H19N3O. The zero-order valence-electron chi connectivity index (χ0n) is 10.4. The smallest absolute Gasteiger partial charge is 0.105 e. The summed E-state index contributed by atoms with van der Waals surface area (Å²) in [6.45, 7) is 6.09. The third-order valence-electron chi connectivity index (χ3n) is 2.86. The van der Waals surface area contributed by atoms with Gasteiger partial charge in [0.15, 0.2) is 0 Å². The quantitative estimate of drug-likeness (QED) is 0.830. The Hall–Kier alpha value is -1.55. The number of furan rings is 1. The minimum Gasteiger partial charge on any atom is -0.469 e. The van der Waals surface area contributed by atoms with Crippen LogP contribution in [0.1, 0.15) is 18.5 Å². The number of nitrogens with zero attached hydrogens (tertiary/aromatic N) is 2. The van der Waals surface area contributed by atoms with Crippen LogP contribution in [0.4, 0.5) is 0 Å². The summed E-state index contributed by atoms with van der Waals surface area (Å²) in [4.78, 5) is 4.20. The fourth-order valence-electron chi connectivity index (χ4n) is 1.87. The van der Waals surface area contributed by atoms with Crippen molar-refractivity contribution in [1.29, 1.82) is 0 Å². The standard InChI is InChI=1S/C13H19N3O/c1-11(10-13-4-3-9-17-13)14-5-7-16-8-6-15-12(16)2/h3-4,6,8-9,11,14H,5,7,10H2,1-2H3. The Balaban J connectivity index is 1.70. The molecule has 92 valence electrons. The molecule has 0 amide bonds. The molecule has 17 heavy (non-hydrogen) atoms. The third-order valence-corrected chi connectivity index (χ3v) is 2.86. The largest absolute Gasteiger partial charge is 0.469 e. The van der Waals surface area contributed by atoms with E-state index < -0.39 is 0 Å². The van der Waals surface area contributed by atoms with Crippen molar-refractivity contribution >= 4 is 0 Å². The molecule has 0 fully saturated rings. The Bertz CT molecular complexity index is 433. The van der Waals surface area contributed by atoms with Crippen molar-refractivity contribution in [3.05, 3.63) is 42.4 Å². The van der Waals surface area contributed by atoms with Gasteiger partial charge in [0.2, 0.25) is 0 Å². The maximum atomic E-state index is 5.32. The summed E-state index contributed by atoms with van der Waals surface area (Å²) in [5, 5.41) is 3.48. The van der Waals surface area contributed by atoms with Crippen LogP contribution in [0.15, 0.2) is 35.2 Å². The van der Waals surface area contributed by atoms with Crippen molar-refractivity contribution in [3.63, 3.8) is 0 Å². The summed E-state index contributed by atoms with van der Waals surface area (Å²) >= 11 is 0. The average molecular weight is 233 g/mol. The lowest BCUT2D eigenvalue weighted by Gasteiger charge is -2.13. The van der Waals surface area contributed by atoms with Gasteiger partial charge in [-0.15, -0.1) is 0 Å². The molecule has 0 radical (unpaired) electrons. The highest BCUT2D eigenvalue weighted by Gasteiger charge is 2.04. The van der Waals surface area contributed by atoms with Crippen molar-refractivity contribution in [2.45, 2.75) is 32.9 Å². The number of hydrogen-bond donors (Lipinski definition) is 1. The van der Waals surface area contributed by atoms with Gasteiger partial charge in [0.1, 0.15) is 11.6 Å². The molecule has 2 heterocycles. The van der Waals surface area contributed by atoms with Gasteiger partial charge >= 0.3 is 0 Å². The number of rotatable bonds is 6. The maximum absolute atomic E-state index is 5.32. The Morgan fingerprint density at radius 2 is 2.41 bits per heavy atom. The van der Waals surface area contributed by atoms with Gasteiger partial charge in [0.25, 0.3) is 0 Å². The highest BCUT2D eigenvalue weighted by atomic mass is 16.3. The zero-order valence-corrected chi connectivity index (χ0v) is 10.4. The molecule has 0 saturated carbocycles. The molecule has 1 atom stereocenters. The zero-order chi connectivity index (χ0) is 12.1. The summed E-state index contributed by atoms with van der Waals surface area (Å²) in [5.41, 5.74) is 0. The summed E-state index contributed by atoms with van der Waals surface area (Å²) in [7, 11) is 0. The van der Waals surface area contributed by atoms with E-state index in [2.05, 4.69) is 21.8 Å². The molecule has 0 aliphatic carbocycles. The maximum Gasteiger partial charge on any atom is 0.105 e. The van der Waals surface area contributed by atoms with E-state index >= 15 is 0 Å². The van der Waals surface area contributed by atoms with Crippen molar-refractivity contribution in [1.82, 2.24) is 14.9 Å². The van der Waals surface area contributed by atoms with Crippen LogP contribution in [0.5, 0.6) is 0 Å². The molecule has 4 nitrogen and oxygen atoms in total. The Morgan fingerprint density at radius 3 is 3.06 bits per heavy atom. The minimum absolute atomic E-state index is 0.421. The van der Waals surface area contributed by atoms with E-state index in [9.17, 15) is 0 Å². The molecule has 0 aliphatic heterocycles. The normalized spacial score (nSPS) is 12.8. The van der Waals surface area contributed by atoms with Crippen molar-refractivity contribution in [3.8, 4) is 0 Å². The molecular weight excluding hydrogens is 214 g/mol. The van der Waals surface area contributed by atoms with Crippen LogP contribution >= 0.6 is 0 Å². The Morgan fingerprint density at radius 1 is 1.53 bits per heavy atom. The van der Waals surface area contributed by atoms with Crippen LogP contribution in [0.25, 0.3) is 0 Å². The van der Waals surface area contributed by atoms with Crippen LogP contribution in [-0.4, -0.2) is 22.1 Å². The topological polar surface area (TPSA) is 43.0 Å². The monoisotopic (exact) mass is 233 g/mol. The fourth-order valence-corrected chi connectivity index (χ4v) is 1.87. The Kier molecular flexibility index (Phi) is 3.98. The Labute approximate surface area is 102 Å². The second-order valence-electron chi connectivity index (χ2n) is 4.31. The lowest BCUT2D eigenvalue weighted by atomic mass is 10.2. The molecule has 1 unspecified atom stereocenters. The van der Waals surface area contributed by atoms with Gasteiger partial charge in [-0.2, -0.15) is 0 Å². The first-order chi connectivity index (χ1) is 8.25. The first kappa shape index (κ1) is 11.9. The van der Waals surface area contributed by atoms with Gasteiger partial charge < -0.3 is 14.3 Å². The second-order valence-corrected chi connectivity index (χ2v) is 4.31. The number of aryl methyl sites for hydroxylation is 1. The number of hydrogen-bond acceptors (Lipinski definition) is 3. The second kappa shape index (κ2) is 5.68. The van der Waals surface area contributed by atoms with Gasteiger partial charge in [-0.1, -0.05) is 0 Å². The molecule has 0 aliphatic rings. The fraction of sp³-hybridized carbons (Fsp3) is 0.462. The van der Waals surface area contributed by atoms with E-state index in [0.29, 0.717) is 6.04 Å². The molecule has 0 spiro atoms. The number of nitrogens with one attached hydrogen (secondary N) is 1. The molecule has 0 saturated heterocycles. The summed E-state index contributed by atoms with van der Waals surface area (Å²) in [6.07, 6.45) is 6.49. The average Bonchev–Trinajstić information content (AvgIpc) is 2.91. The van der Waals surface area contributed by atoms with E-state index in [-0.39, 0.29) is 0 Å². The van der Waals surface area contributed by atoms with E-state index in [1.807, 2.05) is 31.5 Å². The number of imidazole rings is 1. The van der Waals surface area contributed by atoms with E-state index in [4.69, 9.17) is 4.42 Å². The molecule has 2 aromatic rings. The summed E-state index contributed by atoms with van der Waals surface area (Å²) in [6, 6.07) is 4.36. The van der Waals surface area contributed by atoms with Crippen molar-refractivity contribution in [2.75, 3.05) is 6.54 Å². The van der Waals surface area contributed by atoms with Gasteiger partial charge in [-0.05, 0) is 26.0 Å². The highest BCUT2D eigenvalue weighted by Crippen LogP contribution is 2.03. The van der Waals surface area contributed by atoms with Crippen molar-refractivity contribution < 1.29 is 4.42 Å². The van der Waals surface area contributed by atoms with Gasteiger partial charge in [-0.25, -0.2) is 4.98 Å². The third kappa shape index (κ3) is 3.46. The first-order valence-electron chi connectivity index (χ1n) is 5.99. The molecule has 4 heteroatoms.